The molecule has 0 bridgehead atoms. The van der Waals surface area contributed by atoms with E-state index in [9.17, 15) is 18.0 Å². The van der Waals surface area contributed by atoms with Crippen LogP contribution in [0.2, 0.25) is 0 Å². The van der Waals surface area contributed by atoms with E-state index in [-0.39, 0.29) is 6.04 Å². The van der Waals surface area contributed by atoms with Crippen LogP contribution in [0.1, 0.15) is 23.2 Å². The maximum absolute atomic E-state index is 13.6. The van der Waals surface area contributed by atoms with Gasteiger partial charge in [0.05, 0.1) is 5.56 Å². The van der Waals surface area contributed by atoms with Gasteiger partial charge < -0.3 is 10.2 Å². The van der Waals surface area contributed by atoms with Crippen LogP contribution in [0, 0.1) is 17.5 Å². The third-order valence-electron chi connectivity index (χ3n) is 3.38. The minimum Gasteiger partial charge on any atom is -0.337 e. The Morgan fingerprint density at radius 2 is 2.05 bits per heavy atom. The topological polar surface area (TPSA) is 32.3 Å². The van der Waals surface area contributed by atoms with Crippen LogP contribution in [0.3, 0.4) is 0 Å². The van der Waals surface area contributed by atoms with Crippen LogP contribution in [-0.2, 0) is 0 Å². The van der Waals surface area contributed by atoms with Gasteiger partial charge in [-0.05, 0) is 32.0 Å². The summed E-state index contributed by atoms with van der Waals surface area (Å²) in [5.74, 6) is -4.92. The summed E-state index contributed by atoms with van der Waals surface area (Å²) >= 11 is 0. The van der Waals surface area contributed by atoms with Crippen molar-refractivity contribution in [3.05, 3.63) is 35.1 Å². The molecule has 1 saturated heterocycles. The van der Waals surface area contributed by atoms with Gasteiger partial charge in [0.1, 0.15) is 0 Å². The average Bonchev–Trinajstić information content (AvgIpc) is 2.44. The van der Waals surface area contributed by atoms with Gasteiger partial charge in [-0.25, -0.2) is 13.2 Å². The molecule has 104 valence electrons. The average molecular weight is 272 g/mol. The fourth-order valence-corrected chi connectivity index (χ4v) is 2.26. The second-order valence-corrected chi connectivity index (χ2v) is 4.60. The Balaban J connectivity index is 2.22. The van der Waals surface area contributed by atoms with Crippen molar-refractivity contribution in [3.8, 4) is 0 Å². The lowest BCUT2D eigenvalue weighted by Gasteiger charge is -2.32. The molecule has 2 rings (SSSR count). The third kappa shape index (κ3) is 2.73. The molecule has 0 saturated carbocycles. The summed E-state index contributed by atoms with van der Waals surface area (Å²) in [4.78, 5) is 13.6. The monoisotopic (exact) mass is 272 g/mol. The van der Waals surface area contributed by atoms with Gasteiger partial charge in [0.2, 0.25) is 0 Å². The summed E-state index contributed by atoms with van der Waals surface area (Å²) in [6.45, 7) is 0.934. The summed E-state index contributed by atoms with van der Waals surface area (Å²) in [5.41, 5.74) is -0.421. The van der Waals surface area contributed by atoms with Gasteiger partial charge in [-0.3, -0.25) is 4.79 Å². The van der Waals surface area contributed by atoms with E-state index in [0.29, 0.717) is 13.1 Å². The van der Waals surface area contributed by atoms with Gasteiger partial charge in [0.25, 0.3) is 5.91 Å². The first-order valence-corrected chi connectivity index (χ1v) is 6.14. The summed E-state index contributed by atoms with van der Waals surface area (Å²) in [5, 5.41) is 3.05. The smallest absolute Gasteiger partial charge is 0.256 e. The van der Waals surface area contributed by atoms with Crippen LogP contribution in [0.15, 0.2) is 12.1 Å². The number of hydrogen-bond donors (Lipinski definition) is 1. The molecular weight excluding hydrogens is 257 g/mol. The van der Waals surface area contributed by atoms with Gasteiger partial charge in [0, 0.05) is 19.1 Å². The predicted octanol–water partition coefficient (Wildman–Crippen LogP) is 1.93. The Morgan fingerprint density at radius 1 is 1.32 bits per heavy atom. The van der Waals surface area contributed by atoms with E-state index >= 15 is 0 Å². The minimum absolute atomic E-state index is 0.144. The molecule has 1 aromatic rings. The van der Waals surface area contributed by atoms with Crippen molar-refractivity contribution in [1.29, 1.82) is 0 Å². The highest BCUT2D eigenvalue weighted by Gasteiger charge is 2.27. The number of nitrogens with zero attached hydrogens (tertiary/aromatic N) is 1. The molecule has 0 radical (unpaired) electrons. The van der Waals surface area contributed by atoms with Crippen LogP contribution in [0.25, 0.3) is 0 Å². The molecule has 0 unspecified atom stereocenters. The Labute approximate surface area is 109 Å². The molecule has 0 aromatic heterocycles. The van der Waals surface area contributed by atoms with E-state index in [1.807, 2.05) is 0 Å². The minimum atomic E-state index is -1.60. The molecule has 1 amide bonds. The molecular formula is C13H15F3N2O. The Hall–Kier alpha value is -1.56. The summed E-state index contributed by atoms with van der Waals surface area (Å²) < 4.78 is 39.5. The number of likely N-dealkylation sites (N-methyl/N-ethyl adjacent to an activating group) is 1. The van der Waals surface area contributed by atoms with Gasteiger partial charge in [0.15, 0.2) is 17.5 Å². The van der Waals surface area contributed by atoms with E-state index in [4.69, 9.17) is 0 Å². The summed E-state index contributed by atoms with van der Waals surface area (Å²) in [6.07, 6.45) is 1.73. The van der Waals surface area contributed by atoms with Crippen molar-refractivity contribution in [2.24, 2.45) is 0 Å². The molecule has 1 aliphatic rings. The largest absolute Gasteiger partial charge is 0.337 e. The van der Waals surface area contributed by atoms with Gasteiger partial charge >= 0.3 is 0 Å². The van der Waals surface area contributed by atoms with Crippen LogP contribution in [-0.4, -0.2) is 37.0 Å². The number of benzene rings is 1. The zero-order valence-electron chi connectivity index (χ0n) is 10.5. The van der Waals surface area contributed by atoms with Gasteiger partial charge in [-0.2, -0.15) is 0 Å². The predicted molar refractivity (Wildman–Crippen MR) is 64.3 cm³/mol. The second-order valence-electron chi connectivity index (χ2n) is 4.60. The number of likely N-dealkylation sites (tertiary alicyclic amines) is 1. The molecule has 6 heteroatoms. The van der Waals surface area contributed by atoms with Crippen molar-refractivity contribution in [3.63, 3.8) is 0 Å². The molecule has 0 spiro atoms. The molecule has 1 fully saturated rings. The lowest BCUT2D eigenvalue weighted by molar-refractivity contribution is 0.0692. The Bertz CT molecular complexity index is 493. The van der Waals surface area contributed by atoms with Gasteiger partial charge in [-0.15, -0.1) is 0 Å². The van der Waals surface area contributed by atoms with E-state index < -0.39 is 28.9 Å². The molecule has 1 heterocycles. The normalized spacial score (nSPS) is 19.6. The molecule has 1 atom stereocenters. The number of rotatable bonds is 2. The highest BCUT2D eigenvalue weighted by atomic mass is 19.2. The molecule has 1 N–H and O–H groups in total. The fraction of sp³-hybridized carbons (Fsp3) is 0.462. The second kappa shape index (κ2) is 5.61. The van der Waals surface area contributed by atoms with Crippen molar-refractivity contribution >= 4 is 5.91 Å². The maximum Gasteiger partial charge on any atom is 0.256 e. The Kier molecular flexibility index (Phi) is 4.09. The number of piperidine rings is 1. The number of carbonyl (C=O) groups excluding carboxylic acids is 1. The SMILES string of the molecule is CN[C@@H]1CCCN(C(=O)c2ccc(F)c(F)c2F)C1. The van der Waals surface area contributed by atoms with E-state index in [1.165, 1.54) is 4.90 Å². The first-order chi connectivity index (χ1) is 9.04. The van der Waals surface area contributed by atoms with E-state index in [0.717, 1.165) is 25.0 Å². The maximum atomic E-state index is 13.6. The number of carbonyl (C=O) groups is 1. The fourth-order valence-electron chi connectivity index (χ4n) is 2.26. The zero-order chi connectivity index (χ0) is 14.0. The number of nitrogens with one attached hydrogen (secondary N) is 1. The van der Waals surface area contributed by atoms with Crippen LogP contribution in [0.4, 0.5) is 13.2 Å². The lowest BCUT2D eigenvalue weighted by atomic mass is 10.0. The van der Waals surface area contributed by atoms with E-state index in [1.54, 1.807) is 7.05 Å². The quantitative estimate of drug-likeness (QED) is 0.834. The number of hydrogen-bond acceptors (Lipinski definition) is 2. The van der Waals surface area contributed by atoms with Gasteiger partial charge in [-0.1, -0.05) is 0 Å². The molecule has 19 heavy (non-hydrogen) atoms. The molecule has 0 aliphatic carbocycles. The zero-order valence-corrected chi connectivity index (χ0v) is 10.5. The van der Waals surface area contributed by atoms with Crippen LogP contribution < -0.4 is 5.32 Å². The van der Waals surface area contributed by atoms with E-state index in [2.05, 4.69) is 5.32 Å². The molecule has 1 aromatic carbocycles. The highest BCUT2D eigenvalue weighted by molar-refractivity contribution is 5.94. The first kappa shape index (κ1) is 13.9. The van der Waals surface area contributed by atoms with Crippen molar-refractivity contribution in [2.45, 2.75) is 18.9 Å². The number of amides is 1. The van der Waals surface area contributed by atoms with Crippen molar-refractivity contribution in [2.75, 3.05) is 20.1 Å². The molecule has 1 aliphatic heterocycles. The van der Waals surface area contributed by atoms with Crippen LogP contribution in [0.5, 0.6) is 0 Å². The summed E-state index contributed by atoms with van der Waals surface area (Å²) in [7, 11) is 1.79. The van der Waals surface area contributed by atoms with Crippen LogP contribution >= 0.6 is 0 Å². The molecule has 3 nitrogen and oxygen atoms in total. The standard InChI is InChI=1S/C13H15F3N2O/c1-17-8-3-2-6-18(7-8)13(19)9-4-5-10(14)12(16)11(9)15/h4-5,8,17H,2-3,6-7H2,1H3/t8-/m1/s1. The third-order valence-corrected chi connectivity index (χ3v) is 3.38. The van der Waals surface area contributed by atoms with Crippen molar-refractivity contribution < 1.29 is 18.0 Å². The van der Waals surface area contributed by atoms with Crippen molar-refractivity contribution in [1.82, 2.24) is 10.2 Å². The lowest BCUT2D eigenvalue weighted by Crippen LogP contribution is -2.47. The summed E-state index contributed by atoms with van der Waals surface area (Å²) in [6, 6.07) is 1.90. The Morgan fingerprint density at radius 3 is 2.74 bits per heavy atom. The number of halogens is 3. The highest BCUT2D eigenvalue weighted by Crippen LogP contribution is 2.19. The first-order valence-electron chi connectivity index (χ1n) is 6.14.